The molecule has 0 fully saturated rings. The molecule has 0 heterocycles. The Kier molecular flexibility index (Phi) is 3.67. The molecule has 0 N–H and O–H groups in total. The fourth-order valence-electron chi connectivity index (χ4n) is 0.755. The zero-order chi connectivity index (χ0) is 8.10. The largest absolute Gasteiger partial charge is 0.0883 e. The van der Waals surface area contributed by atoms with Gasteiger partial charge in [-0.25, -0.2) is 0 Å². The minimum Gasteiger partial charge on any atom is -0.0883 e. The highest BCUT2D eigenvalue weighted by Gasteiger charge is 1.85. The molecule has 0 unspecified atom stereocenters. The second kappa shape index (κ2) is 4.58. The molecule has 0 aliphatic carbocycles. The van der Waals surface area contributed by atoms with Gasteiger partial charge in [-0.1, -0.05) is 51.8 Å². The number of hydrogen-bond acceptors (Lipinski definition) is 0. The molecule has 0 nitrogen and oxygen atoms in total. The molecule has 1 aromatic carbocycles. The van der Waals surface area contributed by atoms with E-state index in [1.54, 1.807) is 0 Å². The van der Waals surface area contributed by atoms with Gasteiger partial charge >= 0.3 is 0 Å². The Morgan fingerprint density at radius 2 is 1.91 bits per heavy atom. The number of halogens is 2. The zero-order valence-electron chi connectivity index (χ0n) is 5.93. The van der Waals surface area contributed by atoms with Gasteiger partial charge in [0.15, 0.2) is 0 Å². The van der Waals surface area contributed by atoms with E-state index in [2.05, 4.69) is 15.9 Å². The molecule has 0 aliphatic rings. The summed E-state index contributed by atoms with van der Waals surface area (Å²) in [6.45, 7) is 0. The first-order valence-electron chi connectivity index (χ1n) is 3.31. The SMILES string of the molecule is Clc1ccc(/C=C\CBr)cc1. The highest BCUT2D eigenvalue weighted by atomic mass is 79.9. The Balaban J connectivity index is 2.73. The maximum Gasteiger partial charge on any atom is 0.0406 e. The average molecular weight is 232 g/mol. The molecule has 0 radical (unpaired) electrons. The topological polar surface area (TPSA) is 0 Å². The van der Waals surface area contributed by atoms with Gasteiger partial charge < -0.3 is 0 Å². The van der Waals surface area contributed by atoms with Crippen LogP contribution in [0.5, 0.6) is 0 Å². The summed E-state index contributed by atoms with van der Waals surface area (Å²) < 4.78 is 0. The average Bonchev–Trinajstić information content (AvgIpc) is 2.04. The minimum absolute atomic E-state index is 0.779. The van der Waals surface area contributed by atoms with Gasteiger partial charge in [0.25, 0.3) is 0 Å². The van der Waals surface area contributed by atoms with Gasteiger partial charge in [0.1, 0.15) is 0 Å². The normalized spacial score (nSPS) is 10.7. The predicted octanol–water partition coefficient (Wildman–Crippen LogP) is 3.75. The summed E-state index contributed by atoms with van der Waals surface area (Å²) in [4.78, 5) is 0. The first-order chi connectivity index (χ1) is 5.33. The molecule has 11 heavy (non-hydrogen) atoms. The van der Waals surface area contributed by atoms with Crippen LogP contribution in [0.4, 0.5) is 0 Å². The molecule has 0 atom stereocenters. The summed E-state index contributed by atoms with van der Waals surface area (Å²) in [7, 11) is 0. The lowest BCUT2D eigenvalue weighted by atomic mass is 10.2. The number of alkyl halides is 1. The Morgan fingerprint density at radius 3 is 2.45 bits per heavy atom. The number of rotatable bonds is 2. The van der Waals surface area contributed by atoms with Crippen molar-refractivity contribution in [3.8, 4) is 0 Å². The maximum atomic E-state index is 5.71. The Hall–Kier alpha value is -0.270. The molecule has 0 bridgehead atoms. The smallest absolute Gasteiger partial charge is 0.0406 e. The van der Waals surface area contributed by atoms with Crippen molar-refractivity contribution < 1.29 is 0 Å². The fraction of sp³-hybridized carbons (Fsp3) is 0.111. The highest BCUT2D eigenvalue weighted by Crippen LogP contribution is 2.10. The van der Waals surface area contributed by atoms with Crippen LogP contribution >= 0.6 is 27.5 Å². The van der Waals surface area contributed by atoms with E-state index in [-0.39, 0.29) is 0 Å². The van der Waals surface area contributed by atoms with E-state index in [4.69, 9.17) is 11.6 Å². The second-order valence-corrected chi connectivity index (χ2v) is 3.19. The van der Waals surface area contributed by atoms with Crippen LogP contribution in [0.15, 0.2) is 30.3 Å². The van der Waals surface area contributed by atoms with E-state index < -0.39 is 0 Å². The molecule has 2 heteroatoms. The molecule has 0 aromatic heterocycles. The molecule has 0 saturated heterocycles. The molecule has 58 valence electrons. The van der Waals surface area contributed by atoms with E-state index in [1.807, 2.05) is 36.4 Å². The third-order valence-electron chi connectivity index (χ3n) is 1.27. The van der Waals surface area contributed by atoms with Crippen LogP contribution in [0.2, 0.25) is 5.02 Å². The van der Waals surface area contributed by atoms with E-state index in [9.17, 15) is 0 Å². The monoisotopic (exact) mass is 230 g/mol. The summed E-state index contributed by atoms with van der Waals surface area (Å²) >= 11 is 9.02. The zero-order valence-corrected chi connectivity index (χ0v) is 8.27. The molecule has 0 spiro atoms. The summed E-state index contributed by atoms with van der Waals surface area (Å²) in [6, 6.07) is 7.74. The first kappa shape index (κ1) is 8.82. The molecule has 0 saturated carbocycles. The number of hydrogen-bond donors (Lipinski definition) is 0. The van der Waals surface area contributed by atoms with Crippen molar-refractivity contribution in [2.24, 2.45) is 0 Å². The summed E-state index contributed by atoms with van der Waals surface area (Å²) in [5, 5.41) is 1.66. The third-order valence-corrected chi connectivity index (χ3v) is 1.90. The number of allylic oxidation sites excluding steroid dienone is 1. The third kappa shape index (κ3) is 3.08. The van der Waals surface area contributed by atoms with Gasteiger partial charge in [-0.05, 0) is 17.7 Å². The standard InChI is InChI=1S/C9H8BrCl/c10-7-1-2-8-3-5-9(11)6-4-8/h1-6H,7H2/b2-1-. The molecular formula is C9H8BrCl. The second-order valence-electron chi connectivity index (χ2n) is 2.11. The lowest BCUT2D eigenvalue weighted by Gasteiger charge is -1.91. The van der Waals surface area contributed by atoms with Crippen LogP contribution in [0.1, 0.15) is 5.56 Å². The van der Waals surface area contributed by atoms with Gasteiger partial charge in [0.05, 0.1) is 0 Å². The number of benzene rings is 1. The van der Waals surface area contributed by atoms with Crippen molar-refractivity contribution in [2.75, 3.05) is 5.33 Å². The van der Waals surface area contributed by atoms with Gasteiger partial charge in [-0.15, -0.1) is 0 Å². The Labute approximate surface area is 80.0 Å². The summed E-state index contributed by atoms with van der Waals surface area (Å²) in [6.07, 6.45) is 4.09. The van der Waals surface area contributed by atoms with Gasteiger partial charge in [0, 0.05) is 10.4 Å². The van der Waals surface area contributed by atoms with Crippen molar-refractivity contribution in [2.45, 2.75) is 0 Å². The van der Waals surface area contributed by atoms with Crippen molar-refractivity contribution in [1.82, 2.24) is 0 Å². The molecule has 1 rings (SSSR count). The van der Waals surface area contributed by atoms with Crippen LogP contribution in [0.25, 0.3) is 6.08 Å². The quantitative estimate of drug-likeness (QED) is 0.680. The van der Waals surface area contributed by atoms with Crippen LogP contribution in [0.3, 0.4) is 0 Å². The highest BCUT2D eigenvalue weighted by molar-refractivity contribution is 9.09. The van der Waals surface area contributed by atoms with Crippen LogP contribution in [-0.2, 0) is 0 Å². The fourth-order valence-corrected chi connectivity index (χ4v) is 1.07. The lowest BCUT2D eigenvalue weighted by Crippen LogP contribution is -1.70. The van der Waals surface area contributed by atoms with Crippen molar-refractivity contribution >= 4 is 33.6 Å². The van der Waals surface area contributed by atoms with Crippen LogP contribution in [-0.4, -0.2) is 5.33 Å². The van der Waals surface area contributed by atoms with Crippen molar-refractivity contribution in [3.05, 3.63) is 40.9 Å². The molecular weight excluding hydrogens is 223 g/mol. The summed E-state index contributed by atoms with van der Waals surface area (Å²) in [5.41, 5.74) is 1.17. The van der Waals surface area contributed by atoms with E-state index in [0.29, 0.717) is 0 Å². The lowest BCUT2D eigenvalue weighted by molar-refractivity contribution is 1.65. The van der Waals surface area contributed by atoms with Crippen LogP contribution in [0, 0.1) is 0 Å². The van der Waals surface area contributed by atoms with Crippen LogP contribution < -0.4 is 0 Å². The summed E-state index contributed by atoms with van der Waals surface area (Å²) in [5.74, 6) is 0. The molecule has 1 aromatic rings. The van der Waals surface area contributed by atoms with Gasteiger partial charge in [0.2, 0.25) is 0 Å². The predicted molar refractivity (Wildman–Crippen MR) is 54.3 cm³/mol. The minimum atomic E-state index is 0.779. The van der Waals surface area contributed by atoms with Gasteiger partial charge in [-0.3, -0.25) is 0 Å². The molecule has 0 amide bonds. The van der Waals surface area contributed by atoms with Crippen molar-refractivity contribution in [1.29, 1.82) is 0 Å². The van der Waals surface area contributed by atoms with Crippen molar-refractivity contribution in [3.63, 3.8) is 0 Å². The Bertz CT molecular complexity index is 238. The maximum absolute atomic E-state index is 5.71. The molecule has 0 aliphatic heterocycles. The van der Waals surface area contributed by atoms with Gasteiger partial charge in [-0.2, -0.15) is 0 Å². The Morgan fingerprint density at radius 1 is 1.27 bits per heavy atom. The van der Waals surface area contributed by atoms with E-state index in [0.717, 1.165) is 10.4 Å². The van der Waals surface area contributed by atoms with E-state index in [1.165, 1.54) is 5.56 Å². The first-order valence-corrected chi connectivity index (χ1v) is 4.81. The van der Waals surface area contributed by atoms with E-state index >= 15 is 0 Å².